The molecule has 0 saturated heterocycles. The second kappa shape index (κ2) is 4.45. The largest absolute Gasteiger partial charge is 0.464 e. The van der Waals surface area contributed by atoms with Gasteiger partial charge in [-0.3, -0.25) is 0 Å². The quantitative estimate of drug-likeness (QED) is 0.864. The van der Waals surface area contributed by atoms with E-state index in [0.717, 1.165) is 23.0 Å². The van der Waals surface area contributed by atoms with Gasteiger partial charge in [0.1, 0.15) is 5.54 Å². The molecule has 0 atom stereocenters. The van der Waals surface area contributed by atoms with Crippen molar-refractivity contribution in [2.45, 2.75) is 25.3 Å². The van der Waals surface area contributed by atoms with E-state index in [1.807, 2.05) is 31.2 Å². The first-order valence-electron chi connectivity index (χ1n) is 5.38. The van der Waals surface area contributed by atoms with Crippen LogP contribution in [0.25, 0.3) is 0 Å². The van der Waals surface area contributed by atoms with Gasteiger partial charge in [0.25, 0.3) is 0 Å². The van der Waals surface area contributed by atoms with Gasteiger partial charge in [0.2, 0.25) is 0 Å². The van der Waals surface area contributed by atoms with Gasteiger partial charge in [-0.25, -0.2) is 4.79 Å². The van der Waals surface area contributed by atoms with Crippen molar-refractivity contribution < 1.29 is 9.53 Å². The van der Waals surface area contributed by atoms with E-state index in [9.17, 15) is 4.79 Å². The highest BCUT2D eigenvalue weighted by Gasteiger charge is 2.51. The molecule has 0 aromatic heterocycles. The van der Waals surface area contributed by atoms with Crippen LogP contribution in [0.5, 0.6) is 0 Å². The van der Waals surface area contributed by atoms with Gasteiger partial charge < -0.3 is 10.1 Å². The Kier molecular flexibility index (Phi) is 3.19. The van der Waals surface area contributed by atoms with Crippen molar-refractivity contribution in [1.29, 1.82) is 0 Å². The number of hydrogen-bond donors (Lipinski definition) is 1. The summed E-state index contributed by atoms with van der Waals surface area (Å²) in [5.74, 6) is -0.147. The van der Waals surface area contributed by atoms with Gasteiger partial charge in [-0.1, -0.05) is 12.1 Å². The van der Waals surface area contributed by atoms with E-state index < -0.39 is 5.54 Å². The smallest absolute Gasteiger partial charge is 0.331 e. The van der Waals surface area contributed by atoms with Gasteiger partial charge >= 0.3 is 5.97 Å². The fourth-order valence-electron chi connectivity index (χ4n) is 1.59. The molecule has 1 saturated carbocycles. The molecule has 3 nitrogen and oxygen atoms in total. The molecule has 0 amide bonds. The molecule has 2 rings (SSSR count). The average molecular weight is 284 g/mol. The number of rotatable bonds is 4. The third-order valence-corrected chi connectivity index (χ3v) is 3.36. The molecule has 4 heteroatoms. The summed E-state index contributed by atoms with van der Waals surface area (Å²) >= 11 is 3.45. The molecule has 0 heterocycles. The first kappa shape index (κ1) is 11.5. The maximum absolute atomic E-state index is 11.7. The number of anilines is 1. The molecule has 0 spiro atoms. The number of halogens is 1. The van der Waals surface area contributed by atoms with Crippen LogP contribution < -0.4 is 5.32 Å². The number of ether oxygens (including phenoxy) is 1. The predicted molar refractivity (Wildman–Crippen MR) is 66.4 cm³/mol. The number of carbonyl (C=O) groups is 1. The van der Waals surface area contributed by atoms with Crippen molar-refractivity contribution in [2.24, 2.45) is 0 Å². The van der Waals surface area contributed by atoms with Crippen molar-refractivity contribution in [3.63, 3.8) is 0 Å². The van der Waals surface area contributed by atoms with Gasteiger partial charge in [-0.2, -0.15) is 0 Å². The second-order valence-corrected chi connectivity index (χ2v) is 4.76. The Morgan fingerprint density at radius 1 is 1.50 bits per heavy atom. The molecule has 1 aromatic carbocycles. The van der Waals surface area contributed by atoms with Crippen LogP contribution in [0, 0.1) is 0 Å². The summed E-state index contributed by atoms with van der Waals surface area (Å²) in [4.78, 5) is 11.7. The second-order valence-electron chi connectivity index (χ2n) is 3.91. The minimum Gasteiger partial charge on any atom is -0.464 e. The lowest BCUT2D eigenvalue weighted by Gasteiger charge is -2.17. The highest BCUT2D eigenvalue weighted by Crippen LogP contribution is 2.41. The fourth-order valence-corrected chi connectivity index (χ4v) is 1.98. The maximum atomic E-state index is 11.7. The lowest BCUT2D eigenvalue weighted by atomic mass is 10.2. The first-order chi connectivity index (χ1) is 7.68. The standard InChI is InChI=1S/C12H14BrNO2/c1-2-16-11(15)12(7-8-12)14-10-6-4-3-5-9(10)13/h3-6,14H,2,7-8H2,1H3. The highest BCUT2D eigenvalue weighted by molar-refractivity contribution is 9.10. The van der Waals surface area contributed by atoms with E-state index in [1.165, 1.54) is 0 Å². The van der Waals surface area contributed by atoms with Gasteiger partial charge in [-0.15, -0.1) is 0 Å². The van der Waals surface area contributed by atoms with Gasteiger partial charge in [-0.05, 0) is 47.8 Å². The summed E-state index contributed by atoms with van der Waals surface area (Å²) in [6.45, 7) is 2.25. The molecule has 1 aliphatic carbocycles. The molecular weight excluding hydrogens is 270 g/mol. The number of hydrogen-bond acceptors (Lipinski definition) is 3. The predicted octanol–water partition coefficient (Wildman–Crippen LogP) is 2.96. The van der Waals surface area contributed by atoms with Gasteiger partial charge in [0.15, 0.2) is 0 Å². The van der Waals surface area contributed by atoms with Crippen LogP contribution in [-0.4, -0.2) is 18.1 Å². The molecule has 1 fully saturated rings. The molecule has 0 aliphatic heterocycles. The van der Waals surface area contributed by atoms with Crippen LogP contribution in [0.4, 0.5) is 5.69 Å². The van der Waals surface area contributed by atoms with Crippen molar-refractivity contribution in [1.82, 2.24) is 0 Å². The van der Waals surface area contributed by atoms with E-state index in [-0.39, 0.29) is 5.97 Å². The van der Waals surface area contributed by atoms with Crippen molar-refractivity contribution in [3.8, 4) is 0 Å². The van der Waals surface area contributed by atoms with E-state index in [2.05, 4.69) is 21.2 Å². The van der Waals surface area contributed by atoms with Crippen LogP contribution >= 0.6 is 15.9 Å². The zero-order chi connectivity index (χ0) is 11.6. The third kappa shape index (κ3) is 2.21. The van der Waals surface area contributed by atoms with E-state index in [4.69, 9.17) is 4.74 Å². The Morgan fingerprint density at radius 2 is 2.19 bits per heavy atom. The zero-order valence-corrected chi connectivity index (χ0v) is 10.7. The van der Waals surface area contributed by atoms with Crippen LogP contribution in [0.2, 0.25) is 0 Å². The molecular formula is C12H14BrNO2. The Hall–Kier alpha value is -1.03. The highest BCUT2D eigenvalue weighted by atomic mass is 79.9. The van der Waals surface area contributed by atoms with Crippen molar-refractivity contribution in [3.05, 3.63) is 28.7 Å². The summed E-state index contributed by atoms with van der Waals surface area (Å²) in [5.41, 5.74) is 0.452. The number of para-hydroxylation sites is 1. The van der Waals surface area contributed by atoms with Crippen molar-refractivity contribution in [2.75, 3.05) is 11.9 Å². The Morgan fingerprint density at radius 3 is 2.75 bits per heavy atom. The average Bonchev–Trinajstić information content (AvgIpc) is 3.03. The zero-order valence-electron chi connectivity index (χ0n) is 9.13. The molecule has 86 valence electrons. The number of nitrogens with one attached hydrogen (secondary N) is 1. The minimum absolute atomic E-state index is 0.147. The molecule has 0 radical (unpaired) electrons. The van der Waals surface area contributed by atoms with Crippen LogP contribution in [0.15, 0.2) is 28.7 Å². The van der Waals surface area contributed by atoms with Gasteiger partial charge in [0, 0.05) is 10.2 Å². The summed E-state index contributed by atoms with van der Waals surface area (Å²) in [5, 5.41) is 3.26. The van der Waals surface area contributed by atoms with Crippen molar-refractivity contribution >= 4 is 27.6 Å². The molecule has 1 aliphatic rings. The summed E-state index contributed by atoms with van der Waals surface area (Å²) < 4.78 is 6.03. The lowest BCUT2D eigenvalue weighted by molar-refractivity contribution is -0.145. The molecule has 0 bridgehead atoms. The van der Waals surface area contributed by atoms with E-state index in [1.54, 1.807) is 0 Å². The third-order valence-electron chi connectivity index (χ3n) is 2.66. The molecule has 1 aromatic rings. The van der Waals surface area contributed by atoms with E-state index in [0.29, 0.717) is 6.61 Å². The summed E-state index contributed by atoms with van der Waals surface area (Å²) in [6.07, 6.45) is 1.68. The Balaban J connectivity index is 2.10. The maximum Gasteiger partial charge on any atom is 0.331 e. The van der Waals surface area contributed by atoms with Crippen LogP contribution in [0.1, 0.15) is 19.8 Å². The van der Waals surface area contributed by atoms with E-state index >= 15 is 0 Å². The fraction of sp³-hybridized carbons (Fsp3) is 0.417. The molecule has 1 N–H and O–H groups in total. The number of benzene rings is 1. The van der Waals surface area contributed by atoms with Crippen LogP contribution in [-0.2, 0) is 9.53 Å². The Bertz CT molecular complexity index is 402. The first-order valence-corrected chi connectivity index (χ1v) is 6.17. The lowest BCUT2D eigenvalue weighted by Crippen LogP contribution is -2.33. The van der Waals surface area contributed by atoms with Gasteiger partial charge in [0.05, 0.1) is 6.61 Å². The monoisotopic (exact) mass is 283 g/mol. The minimum atomic E-state index is -0.486. The topological polar surface area (TPSA) is 38.3 Å². The normalized spacial score (nSPS) is 16.6. The summed E-state index contributed by atoms with van der Waals surface area (Å²) in [7, 11) is 0. The number of carbonyl (C=O) groups excluding carboxylic acids is 1. The molecule has 16 heavy (non-hydrogen) atoms. The SMILES string of the molecule is CCOC(=O)C1(Nc2ccccc2Br)CC1. The van der Waals surface area contributed by atoms with Crippen LogP contribution in [0.3, 0.4) is 0 Å². The summed E-state index contributed by atoms with van der Waals surface area (Å²) in [6, 6.07) is 7.78. The number of esters is 1. The Labute approximate surface area is 103 Å². The molecule has 0 unspecified atom stereocenters.